The lowest BCUT2D eigenvalue weighted by atomic mass is 10.3. The molecule has 0 aromatic carbocycles. The predicted molar refractivity (Wildman–Crippen MR) is 64.0 cm³/mol. The fourth-order valence-electron chi connectivity index (χ4n) is 1.95. The normalized spacial score (nSPS) is 15.9. The van der Waals surface area contributed by atoms with Crippen molar-refractivity contribution in [2.75, 3.05) is 25.5 Å². The van der Waals surface area contributed by atoms with Gasteiger partial charge in [-0.1, -0.05) is 0 Å². The van der Waals surface area contributed by atoms with Crippen molar-refractivity contribution in [2.24, 2.45) is 0 Å². The minimum atomic E-state index is -0.528. The largest absolute Gasteiger partial charge is 0.392 e. The van der Waals surface area contributed by atoms with Crippen molar-refractivity contribution in [2.45, 2.75) is 26.0 Å². The van der Waals surface area contributed by atoms with E-state index in [1.165, 1.54) is 4.90 Å². The zero-order chi connectivity index (χ0) is 12.4. The van der Waals surface area contributed by atoms with Crippen LogP contribution in [0.5, 0.6) is 0 Å². The molecule has 0 saturated carbocycles. The van der Waals surface area contributed by atoms with Crippen LogP contribution >= 0.6 is 0 Å². The number of carbonyl (C=O) groups excluding carboxylic acids is 1. The van der Waals surface area contributed by atoms with Gasteiger partial charge in [0, 0.05) is 32.9 Å². The summed E-state index contributed by atoms with van der Waals surface area (Å²) in [5.41, 5.74) is 0.428. The molecule has 1 aliphatic rings. The van der Waals surface area contributed by atoms with Crippen LogP contribution in [0.3, 0.4) is 0 Å². The van der Waals surface area contributed by atoms with Crippen LogP contribution < -0.4 is 5.32 Å². The molecule has 17 heavy (non-hydrogen) atoms. The van der Waals surface area contributed by atoms with Gasteiger partial charge < -0.3 is 19.9 Å². The number of aliphatic hydroxyl groups is 1. The van der Waals surface area contributed by atoms with Gasteiger partial charge in [-0.25, -0.2) is 4.98 Å². The summed E-state index contributed by atoms with van der Waals surface area (Å²) in [6, 6.07) is 0. The summed E-state index contributed by atoms with van der Waals surface area (Å²) in [5, 5.41) is 12.4. The second-order valence-electron chi connectivity index (χ2n) is 4.46. The van der Waals surface area contributed by atoms with Crippen LogP contribution in [0.2, 0.25) is 0 Å². The van der Waals surface area contributed by atoms with Gasteiger partial charge in [-0.05, 0) is 13.3 Å². The number of hydrogen-bond acceptors (Lipinski definition) is 4. The number of rotatable bonds is 3. The standard InChI is InChI=1S/C11H18N4O2/c1-8(16)6-14(2)10(17)9-7-15-5-3-4-12-11(15)13-9/h7-8,16H,3-6H2,1-2H3,(H,12,13). The number of fused-ring (bicyclic) bond motifs is 1. The number of aliphatic hydroxyl groups excluding tert-OH is 1. The molecule has 1 amide bonds. The molecule has 2 heterocycles. The number of amides is 1. The van der Waals surface area contributed by atoms with Crippen LogP contribution in [0.25, 0.3) is 0 Å². The zero-order valence-electron chi connectivity index (χ0n) is 10.2. The van der Waals surface area contributed by atoms with Gasteiger partial charge in [-0.15, -0.1) is 0 Å². The smallest absolute Gasteiger partial charge is 0.273 e. The first-order valence-electron chi connectivity index (χ1n) is 5.82. The predicted octanol–water partition coefficient (Wildman–Crippen LogP) is 0.151. The molecule has 0 bridgehead atoms. The number of aromatic nitrogens is 2. The molecule has 0 aliphatic carbocycles. The fraction of sp³-hybridized carbons (Fsp3) is 0.636. The molecule has 2 rings (SSSR count). The molecule has 0 radical (unpaired) electrons. The van der Waals surface area contributed by atoms with E-state index in [1.54, 1.807) is 20.2 Å². The average Bonchev–Trinajstić information content (AvgIpc) is 2.70. The van der Waals surface area contributed by atoms with E-state index in [0.717, 1.165) is 25.5 Å². The Kier molecular flexibility index (Phi) is 3.33. The highest BCUT2D eigenvalue weighted by molar-refractivity contribution is 5.92. The van der Waals surface area contributed by atoms with E-state index < -0.39 is 6.10 Å². The molecule has 1 aromatic heterocycles. The lowest BCUT2D eigenvalue weighted by Crippen LogP contribution is -2.33. The van der Waals surface area contributed by atoms with Gasteiger partial charge in [0.05, 0.1) is 6.10 Å². The monoisotopic (exact) mass is 238 g/mol. The zero-order valence-corrected chi connectivity index (χ0v) is 10.2. The van der Waals surface area contributed by atoms with Crippen molar-refractivity contribution in [1.82, 2.24) is 14.5 Å². The van der Waals surface area contributed by atoms with Crippen molar-refractivity contribution in [1.29, 1.82) is 0 Å². The minimum absolute atomic E-state index is 0.158. The quantitative estimate of drug-likeness (QED) is 0.786. The van der Waals surface area contributed by atoms with E-state index in [1.807, 2.05) is 4.57 Å². The van der Waals surface area contributed by atoms with E-state index in [9.17, 15) is 9.90 Å². The summed E-state index contributed by atoms with van der Waals surface area (Å²) < 4.78 is 1.95. The number of hydrogen-bond donors (Lipinski definition) is 2. The minimum Gasteiger partial charge on any atom is -0.392 e. The van der Waals surface area contributed by atoms with Gasteiger partial charge in [0.1, 0.15) is 5.69 Å². The number of imidazole rings is 1. The van der Waals surface area contributed by atoms with Gasteiger partial charge >= 0.3 is 0 Å². The van der Waals surface area contributed by atoms with Crippen molar-refractivity contribution in [3.05, 3.63) is 11.9 Å². The molecule has 1 atom stereocenters. The van der Waals surface area contributed by atoms with Crippen LogP contribution in [0.1, 0.15) is 23.8 Å². The molecule has 94 valence electrons. The number of aryl methyl sites for hydroxylation is 1. The Balaban J connectivity index is 2.11. The van der Waals surface area contributed by atoms with Gasteiger partial charge in [-0.2, -0.15) is 0 Å². The lowest BCUT2D eigenvalue weighted by molar-refractivity contribution is 0.0698. The first kappa shape index (κ1) is 11.9. The van der Waals surface area contributed by atoms with Crippen LogP contribution in [-0.2, 0) is 6.54 Å². The molecule has 6 nitrogen and oxygen atoms in total. The Morgan fingerprint density at radius 1 is 1.76 bits per heavy atom. The highest BCUT2D eigenvalue weighted by Crippen LogP contribution is 2.15. The molecule has 1 aromatic rings. The third-order valence-electron chi connectivity index (χ3n) is 2.74. The SMILES string of the molecule is CC(O)CN(C)C(=O)c1cn2c(n1)NCCC2. The van der Waals surface area contributed by atoms with Crippen molar-refractivity contribution >= 4 is 11.9 Å². The van der Waals surface area contributed by atoms with E-state index in [-0.39, 0.29) is 5.91 Å². The summed E-state index contributed by atoms with van der Waals surface area (Å²) in [4.78, 5) is 17.8. The third kappa shape index (κ3) is 2.58. The Morgan fingerprint density at radius 2 is 2.53 bits per heavy atom. The number of likely N-dealkylation sites (N-methyl/N-ethyl adjacent to an activating group) is 1. The number of carbonyl (C=O) groups is 1. The Morgan fingerprint density at radius 3 is 3.18 bits per heavy atom. The van der Waals surface area contributed by atoms with E-state index in [4.69, 9.17) is 0 Å². The van der Waals surface area contributed by atoms with E-state index in [2.05, 4.69) is 10.3 Å². The van der Waals surface area contributed by atoms with Crippen LogP contribution in [0, 0.1) is 0 Å². The third-order valence-corrected chi connectivity index (χ3v) is 2.74. The first-order chi connectivity index (χ1) is 8.08. The second kappa shape index (κ2) is 4.75. The molecule has 1 aliphatic heterocycles. The van der Waals surface area contributed by atoms with Crippen molar-refractivity contribution in [3.63, 3.8) is 0 Å². The highest BCUT2D eigenvalue weighted by atomic mass is 16.3. The summed E-state index contributed by atoms with van der Waals surface area (Å²) in [6.07, 6.45) is 2.28. The summed E-state index contributed by atoms with van der Waals surface area (Å²) in [5.74, 6) is 0.597. The maximum Gasteiger partial charge on any atom is 0.273 e. The number of nitrogens with zero attached hydrogens (tertiary/aromatic N) is 3. The van der Waals surface area contributed by atoms with Crippen LogP contribution in [0.4, 0.5) is 5.95 Å². The van der Waals surface area contributed by atoms with Crippen LogP contribution in [0.15, 0.2) is 6.20 Å². The van der Waals surface area contributed by atoms with Crippen LogP contribution in [-0.4, -0.2) is 51.7 Å². The van der Waals surface area contributed by atoms with Crippen molar-refractivity contribution in [3.8, 4) is 0 Å². The van der Waals surface area contributed by atoms with Gasteiger partial charge in [0.15, 0.2) is 0 Å². The van der Waals surface area contributed by atoms with Gasteiger partial charge in [-0.3, -0.25) is 4.79 Å². The number of nitrogens with one attached hydrogen (secondary N) is 1. The summed E-state index contributed by atoms with van der Waals surface area (Å²) >= 11 is 0. The Hall–Kier alpha value is -1.56. The summed E-state index contributed by atoms with van der Waals surface area (Å²) in [6.45, 7) is 3.76. The maximum absolute atomic E-state index is 12.0. The average molecular weight is 238 g/mol. The molecule has 2 N–H and O–H groups in total. The number of anilines is 1. The fourth-order valence-corrected chi connectivity index (χ4v) is 1.95. The molecular formula is C11H18N4O2. The molecule has 6 heteroatoms. The lowest BCUT2D eigenvalue weighted by Gasteiger charge is -2.17. The maximum atomic E-state index is 12.0. The van der Waals surface area contributed by atoms with E-state index >= 15 is 0 Å². The Bertz CT molecular complexity index is 390. The summed E-state index contributed by atoms with van der Waals surface area (Å²) in [7, 11) is 1.67. The highest BCUT2D eigenvalue weighted by Gasteiger charge is 2.19. The van der Waals surface area contributed by atoms with Crippen molar-refractivity contribution < 1.29 is 9.90 Å². The van der Waals surface area contributed by atoms with Gasteiger partial charge in [0.25, 0.3) is 5.91 Å². The molecule has 0 spiro atoms. The molecule has 0 saturated heterocycles. The van der Waals surface area contributed by atoms with Gasteiger partial charge in [0.2, 0.25) is 5.95 Å². The molecular weight excluding hydrogens is 220 g/mol. The Labute approximate surface area is 100 Å². The topological polar surface area (TPSA) is 70.4 Å². The molecule has 0 fully saturated rings. The second-order valence-corrected chi connectivity index (χ2v) is 4.46. The first-order valence-corrected chi connectivity index (χ1v) is 5.82. The molecule has 1 unspecified atom stereocenters. The van der Waals surface area contributed by atoms with E-state index in [0.29, 0.717) is 12.2 Å².